The lowest BCUT2D eigenvalue weighted by Crippen LogP contribution is -2.25. The molecule has 24 heavy (non-hydrogen) atoms. The second kappa shape index (κ2) is 8.98. The van der Waals surface area contributed by atoms with E-state index in [9.17, 15) is 4.79 Å². The molecule has 1 amide bonds. The molecule has 1 aromatic carbocycles. The summed E-state index contributed by atoms with van der Waals surface area (Å²) >= 11 is 6.06. The van der Waals surface area contributed by atoms with Crippen LogP contribution in [0.2, 0.25) is 5.02 Å². The molecule has 2 aromatic rings. The average Bonchev–Trinajstić information content (AvgIpc) is 2.61. The summed E-state index contributed by atoms with van der Waals surface area (Å²) in [6.45, 7) is 0.868. The van der Waals surface area contributed by atoms with Crippen molar-refractivity contribution in [2.75, 3.05) is 26.1 Å². The van der Waals surface area contributed by atoms with Crippen molar-refractivity contribution in [1.82, 2.24) is 10.3 Å². The quantitative estimate of drug-likeness (QED) is 0.766. The maximum atomic E-state index is 11.9. The predicted octanol–water partition coefficient (Wildman–Crippen LogP) is 2.87. The number of amides is 1. The van der Waals surface area contributed by atoms with Crippen molar-refractivity contribution < 1.29 is 14.3 Å². The number of nitrogens with one attached hydrogen (secondary N) is 2. The molecule has 7 heteroatoms. The Morgan fingerprint density at radius 3 is 2.67 bits per heavy atom. The van der Waals surface area contributed by atoms with Crippen LogP contribution in [0.4, 0.5) is 5.69 Å². The van der Waals surface area contributed by atoms with E-state index in [2.05, 4.69) is 15.6 Å². The summed E-state index contributed by atoms with van der Waals surface area (Å²) in [5, 5.41) is 6.45. The number of aromatic nitrogens is 1. The van der Waals surface area contributed by atoms with E-state index in [1.54, 1.807) is 32.5 Å². The van der Waals surface area contributed by atoms with Gasteiger partial charge in [0, 0.05) is 31.3 Å². The molecule has 0 saturated carbocycles. The second-order valence-electron chi connectivity index (χ2n) is 4.96. The molecule has 0 fully saturated rings. The summed E-state index contributed by atoms with van der Waals surface area (Å²) in [6, 6.07) is 9.00. The maximum Gasteiger partial charge on any atom is 0.222 e. The third-order valence-electron chi connectivity index (χ3n) is 3.33. The molecule has 2 rings (SSSR count). The van der Waals surface area contributed by atoms with E-state index in [0.717, 1.165) is 11.4 Å². The molecule has 2 N–H and O–H groups in total. The van der Waals surface area contributed by atoms with Crippen molar-refractivity contribution >= 4 is 23.2 Å². The highest BCUT2D eigenvalue weighted by atomic mass is 35.5. The van der Waals surface area contributed by atoms with Crippen LogP contribution in [0.1, 0.15) is 12.1 Å². The highest BCUT2D eigenvalue weighted by Crippen LogP contribution is 2.35. The molecular formula is C17H20ClN3O3. The van der Waals surface area contributed by atoms with Crippen LogP contribution in [0, 0.1) is 0 Å². The molecule has 128 valence electrons. The first-order chi connectivity index (χ1) is 11.6. The Morgan fingerprint density at radius 2 is 2.00 bits per heavy atom. The van der Waals surface area contributed by atoms with Gasteiger partial charge in [-0.25, -0.2) is 0 Å². The number of methoxy groups -OCH3 is 2. The third-order valence-corrected chi connectivity index (χ3v) is 3.63. The monoisotopic (exact) mass is 349 g/mol. The minimum Gasteiger partial charge on any atom is -0.495 e. The molecule has 0 aliphatic rings. The molecule has 0 unspecified atom stereocenters. The van der Waals surface area contributed by atoms with E-state index in [1.165, 1.54) is 0 Å². The number of ether oxygens (including phenoxy) is 2. The maximum absolute atomic E-state index is 11.9. The number of carbonyl (C=O) groups excluding carboxylic acids is 1. The van der Waals surface area contributed by atoms with Gasteiger partial charge in [-0.3, -0.25) is 9.78 Å². The van der Waals surface area contributed by atoms with Crippen LogP contribution in [-0.2, 0) is 11.3 Å². The molecule has 0 aliphatic heterocycles. The average molecular weight is 350 g/mol. The highest BCUT2D eigenvalue weighted by molar-refractivity contribution is 6.32. The number of hydrogen-bond donors (Lipinski definition) is 2. The minimum atomic E-state index is -0.0620. The fourth-order valence-corrected chi connectivity index (χ4v) is 2.32. The van der Waals surface area contributed by atoms with Gasteiger partial charge in [0.1, 0.15) is 11.5 Å². The van der Waals surface area contributed by atoms with Gasteiger partial charge in [0.15, 0.2) is 0 Å². The van der Waals surface area contributed by atoms with Crippen LogP contribution in [0.15, 0.2) is 36.5 Å². The van der Waals surface area contributed by atoms with E-state index in [4.69, 9.17) is 21.1 Å². The molecule has 1 heterocycles. The lowest BCUT2D eigenvalue weighted by molar-refractivity contribution is -0.121. The lowest BCUT2D eigenvalue weighted by Gasteiger charge is -2.14. The van der Waals surface area contributed by atoms with Crippen molar-refractivity contribution in [1.29, 1.82) is 0 Å². The second-order valence-corrected chi connectivity index (χ2v) is 5.37. The number of rotatable bonds is 8. The Kier molecular flexibility index (Phi) is 6.69. The van der Waals surface area contributed by atoms with Crippen LogP contribution >= 0.6 is 11.6 Å². The fourth-order valence-electron chi connectivity index (χ4n) is 2.09. The summed E-state index contributed by atoms with van der Waals surface area (Å²) in [7, 11) is 3.10. The van der Waals surface area contributed by atoms with Crippen molar-refractivity contribution in [3.05, 3.63) is 47.2 Å². The Labute approximate surface area is 146 Å². The summed E-state index contributed by atoms with van der Waals surface area (Å²) in [4.78, 5) is 16.0. The first-order valence-electron chi connectivity index (χ1n) is 7.46. The first kappa shape index (κ1) is 17.9. The van der Waals surface area contributed by atoms with E-state index < -0.39 is 0 Å². The molecule has 0 spiro atoms. The number of pyridine rings is 1. The normalized spacial score (nSPS) is 10.1. The SMILES string of the molecule is COc1cc(NCCC(=O)NCc2ccccn2)c(OC)cc1Cl. The number of halogens is 1. The Morgan fingerprint density at radius 1 is 1.21 bits per heavy atom. The lowest BCUT2D eigenvalue weighted by atomic mass is 10.2. The van der Waals surface area contributed by atoms with Crippen molar-refractivity contribution in [2.45, 2.75) is 13.0 Å². The smallest absolute Gasteiger partial charge is 0.222 e. The fraction of sp³-hybridized carbons (Fsp3) is 0.294. The van der Waals surface area contributed by atoms with Gasteiger partial charge >= 0.3 is 0 Å². The van der Waals surface area contributed by atoms with E-state index in [1.807, 2.05) is 18.2 Å². The summed E-state index contributed by atoms with van der Waals surface area (Å²) in [6.07, 6.45) is 2.02. The van der Waals surface area contributed by atoms with Crippen LogP contribution in [0.5, 0.6) is 11.5 Å². The van der Waals surface area contributed by atoms with Crippen molar-refractivity contribution in [3.63, 3.8) is 0 Å². The zero-order valence-corrected chi connectivity index (χ0v) is 14.4. The van der Waals surface area contributed by atoms with Gasteiger partial charge in [0.05, 0.1) is 37.2 Å². The van der Waals surface area contributed by atoms with Crippen LogP contribution in [0.3, 0.4) is 0 Å². The number of nitrogens with zero attached hydrogens (tertiary/aromatic N) is 1. The Bertz CT molecular complexity index is 680. The zero-order chi connectivity index (χ0) is 17.4. The topological polar surface area (TPSA) is 72.5 Å². The molecule has 0 radical (unpaired) electrons. The van der Waals surface area contributed by atoms with Gasteiger partial charge in [0.25, 0.3) is 0 Å². The van der Waals surface area contributed by atoms with E-state index in [-0.39, 0.29) is 5.91 Å². The molecule has 0 bridgehead atoms. The zero-order valence-electron chi connectivity index (χ0n) is 13.6. The van der Waals surface area contributed by atoms with Gasteiger partial charge in [-0.05, 0) is 12.1 Å². The molecule has 1 aromatic heterocycles. The van der Waals surface area contributed by atoms with Crippen LogP contribution in [-0.4, -0.2) is 31.7 Å². The molecular weight excluding hydrogens is 330 g/mol. The number of anilines is 1. The van der Waals surface area contributed by atoms with Gasteiger partial charge in [-0.15, -0.1) is 0 Å². The predicted molar refractivity (Wildman–Crippen MR) is 93.7 cm³/mol. The van der Waals surface area contributed by atoms with E-state index in [0.29, 0.717) is 36.0 Å². The highest BCUT2D eigenvalue weighted by Gasteiger charge is 2.10. The third kappa shape index (κ3) is 5.03. The summed E-state index contributed by atoms with van der Waals surface area (Å²) < 4.78 is 10.5. The number of hydrogen-bond acceptors (Lipinski definition) is 5. The van der Waals surface area contributed by atoms with Crippen molar-refractivity contribution in [2.24, 2.45) is 0 Å². The molecule has 0 saturated heterocycles. The minimum absolute atomic E-state index is 0.0620. The van der Waals surface area contributed by atoms with Gasteiger partial charge < -0.3 is 20.1 Å². The van der Waals surface area contributed by atoms with Gasteiger partial charge in [-0.2, -0.15) is 0 Å². The van der Waals surface area contributed by atoms with Crippen molar-refractivity contribution in [3.8, 4) is 11.5 Å². The number of benzene rings is 1. The standard InChI is InChI=1S/C17H20ClN3O3/c1-23-15-10-14(16(24-2)9-13(15)18)20-8-6-17(22)21-11-12-5-3-4-7-19-12/h3-5,7,9-10,20H,6,8,11H2,1-2H3,(H,21,22). The Hall–Kier alpha value is -2.47. The molecule has 6 nitrogen and oxygen atoms in total. The molecule has 0 atom stereocenters. The largest absolute Gasteiger partial charge is 0.495 e. The Balaban J connectivity index is 1.84. The summed E-state index contributed by atoms with van der Waals surface area (Å²) in [5.41, 5.74) is 1.54. The van der Waals surface area contributed by atoms with Crippen LogP contribution in [0.25, 0.3) is 0 Å². The molecule has 0 aliphatic carbocycles. The first-order valence-corrected chi connectivity index (χ1v) is 7.84. The van der Waals surface area contributed by atoms with Gasteiger partial charge in [-0.1, -0.05) is 17.7 Å². The van der Waals surface area contributed by atoms with Crippen LogP contribution < -0.4 is 20.1 Å². The van der Waals surface area contributed by atoms with Gasteiger partial charge in [0.2, 0.25) is 5.91 Å². The number of carbonyl (C=O) groups is 1. The summed E-state index contributed by atoms with van der Waals surface area (Å²) in [5.74, 6) is 1.07. The van der Waals surface area contributed by atoms with E-state index >= 15 is 0 Å².